The number of anilines is 2. The van der Waals surface area contributed by atoms with Crippen LogP contribution in [0.3, 0.4) is 0 Å². The molecule has 1 N–H and O–H groups in total. The Hall–Kier alpha value is -5.28. The number of hydrogen-bond donors (Lipinski definition) is 1. The average molecular weight is 528 g/mol. The van der Waals surface area contributed by atoms with Gasteiger partial charge >= 0.3 is 0 Å². The Morgan fingerprint density at radius 1 is 0.537 bits per heavy atom. The zero-order chi connectivity index (χ0) is 27.4. The Kier molecular flexibility index (Phi) is 6.68. The van der Waals surface area contributed by atoms with Crippen LogP contribution in [0.1, 0.15) is 17.5 Å². The van der Waals surface area contributed by atoms with Crippen LogP contribution in [0.4, 0.5) is 11.4 Å². The van der Waals surface area contributed by atoms with E-state index in [1.54, 1.807) is 0 Å². The van der Waals surface area contributed by atoms with Crippen molar-refractivity contribution in [3.8, 4) is 22.3 Å². The van der Waals surface area contributed by atoms with Gasteiger partial charge in [0.05, 0.1) is 11.4 Å². The van der Waals surface area contributed by atoms with Gasteiger partial charge in [0.15, 0.2) is 5.84 Å². The van der Waals surface area contributed by atoms with E-state index in [0.29, 0.717) is 0 Å². The van der Waals surface area contributed by atoms with Crippen LogP contribution in [-0.2, 0) is 0 Å². The first kappa shape index (κ1) is 24.7. The second-order valence-electron chi connectivity index (χ2n) is 10.3. The number of rotatable bonds is 6. The molecule has 0 saturated heterocycles. The van der Waals surface area contributed by atoms with Crippen molar-refractivity contribution in [2.45, 2.75) is 6.42 Å². The standard InChI is InChI=1S/C38H29N3/c1-3-11-27(12-4-1)28-19-21-30(22-20-28)37-34-16-8-10-18-36(34)40-38(41-37)31-23-25-32(26-24-31)39-35-17-9-7-15-33(35)29-13-5-2-6-14-29/h1-15,17-26,34,39H,16H2. The molecule has 1 aliphatic heterocycles. The highest BCUT2D eigenvalue weighted by molar-refractivity contribution is 6.16. The van der Waals surface area contributed by atoms with Crippen molar-refractivity contribution in [2.24, 2.45) is 15.9 Å². The summed E-state index contributed by atoms with van der Waals surface area (Å²) in [6.07, 6.45) is 7.34. The average Bonchev–Trinajstić information content (AvgIpc) is 3.06. The molecule has 0 radical (unpaired) electrons. The first-order valence-electron chi connectivity index (χ1n) is 14.0. The highest BCUT2D eigenvalue weighted by Crippen LogP contribution is 2.33. The summed E-state index contributed by atoms with van der Waals surface area (Å²) in [6, 6.07) is 46.5. The van der Waals surface area contributed by atoms with E-state index in [9.17, 15) is 0 Å². The van der Waals surface area contributed by atoms with Gasteiger partial charge in [-0.3, -0.25) is 0 Å². The molecule has 3 heteroatoms. The minimum Gasteiger partial charge on any atom is -0.355 e. The molecule has 5 aromatic carbocycles. The van der Waals surface area contributed by atoms with Crippen LogP contribution in [0.2, 0.25) is 0 Å². The third-order valence-electron chi connectivity index (χ3n) is 7.65. The van der Waals surface area contributed by atoms with Crippen LogP contribution in [-0.4, -0.2) is 11.5 Å². The smallest absolute Gasteiger partial charge is 0.159 e. The molecule has 1 heterocycles. The summed E-state index contributed by atoms with van der Waals surface area (Å²) in [4.78, 5) is 10.1. The molecule has 2 aliphatic rings. The Morgan fingerprint density at radius 2 is 1.15 bits per heavy atom. The minimum atomic E-state index is 0.168. The van der Waals surface area contributed by atoms with Gasteiger partial charge in [-0.15, -0.1) is 0 Å². The maximum Gasteiger partial charge on any atom is 0.159 e. The molecular weight excluding hydrogens is 498 g/mol. The van der Waals surface area contributed by atoms with Gasteiger partial charge in [-0.1, -0.05) is 115 Å². The van der Waals surface area contributed by atoms with Crippen molar-refractivity contribution in [1.82, 2.24) is 0 Å². The normalized spacial score (nSPS) is 15.8. The number of allylic oxidation sites excluding steroid dienone is 4. The summed E-state index contributed by atoms with van der Waals surface area (Å²) in [5, 5.41) is 3.60. The maximum absolute atomic E-state index is 5.15. The Balaban J connectivity index is 1.17. The number of hydrogen-bond acceptors (Lipinski definition) is 3. The molecule has 0 spiro atoms. The minimum absolute atomic E-state index is 0.168. The summed E-state index contributed by atoms with van der Waals surface area (Å²) in [5.74, 6) is 0.919. The largest absolute Gasteiger partial charge is 0.355 e. The number of benzene rings is 5. The van der Waals surface area contributed by atoms with E-state index >= 15 is 0 Å². The van der Waals surface area contributed by atoms with Gasteiger partial charge < -0.3 is 5.32 Å². The molecule has 1 unspecified atom stereocenters. The molecule has 41 heavy (non-hydrogen) atoms. The van der Waals surface area contributed by atoms with Crippen molar-refractivity contribution in [1.29, 1.82) is 0 Å². The van der Waals surface area contributed by atoms with E-state index in [1.807, 2.05) is 12.1 Å². The number of nitrogens with zero attached hydrogens (tertiary/aromatic N) is 2. The lowest BCUT2D eigenvalue weighted by atomic mass is 9.86. The van der Waals surface area contributed by atoms with Crippen LogP contribution in [0.15, 0.2) is 167 Å². The van der Waals surface area contributed by atoms with Gasteiger partial charge in [0.2, 0.25) is 0 Å². The molecule has 196 valence electrons. The topological polar surface area (TPSA) is 36.8 Å². The van der Waals surface area contributed by atoms with Gasteiger partial charge in [0.25, 0.3) is 0 Å². The Morgan fingerprint density at radius 3 is 1.90 bits per heavy atom. The molecular formula is C38H29N3. The molecule has 0 amide bonds. The molecule has 0 fully saturated rings. The first-order chi connectivity index (χ1) is 20.3. The van der Waals surface area contributed by atoms with Gasteiger partial charge in [0, 0.05) is 28.4 Å². The lowest BCUT2D eigenvalue weighted by Crippen LogP contribution is -2.24. The van der Waals surface area contributed by atoms with Gasteiger partial charge in [-0.05, 0) is 65.1 Å². The summed E-state index contributed by atoms with van der Waals surface area (Å²) in [5.41, 5.74) is 11.1. The van der Waals surface area contributed by atoms with Crippen LogP contribution in [0, 0.1) is 5.92 Å². The van der Waals surface area contributed by atoms with Gasteiger partial charge in [-0.2, -0.15) is 0 Å². The van der Waals surface area contributed by atoms with Crippen LogP contribution in [0.25, 0.3) is 22.3 Å². The highest BCUT2D eigenvalue weighted by atomic mass is 15.0. The third-order valence-corrected chi connectivity index (χ3v) is 7.65. The van der Waals surface area contributed by atoms with E-state index in [-0.39, 0.29) is 5.92 Å². The maximum atomic E-state index is 5.15. The molecule has 5 aromatic rings. The number of nitrogens with one attached hydrogen (secondary N) is 1. The van der Waals surface area contributed by atoms with E-state index in [0.717, 1.165) is 46.2 Å². The summed E-state index contributed by atoms with van der Waals surface area (Å²) in [7, 11) is 0. The van der Waals surface area contributed by atoms with Crippen molar-refractivity contribution in [2.75, 3.05) is 5.32 Å². The van der Waals surface area contributed by atoms with E-state index in [2.05, 4.69) is 145 Å². The van der Waals surface area contributed by atoms with Gasteiger partial charge in [0.1, 0.15) is 0 Å². The van der Waals surface area contributed by atoms with Crippen LogP contribution in [0.5, 0.6) is 0 Å². The molecule has 0 aromatic heterocycles. The highest BCUT2D eigenvalue weighted by Gasteiger charge is 2.27. The molecule has 7 rings (SSSR count). The number of aliphatic imine (C=N–C) groups is 2. The molecule has 1 atom stereocenters. The Labute approximate surface area is 241 Å². The summed E-state index contributed by atoms with van der Waals surface area (Å²) >= 11 is 0. The van der Waals surface area contributed by atoms with Crippen molar-refractivity contribution in [3.63, 3.8) is 0 Å². The fraction of sp³-hybridized carbons (Fsp3) is 0.0526. The molecule has 1 aliphatic carbocycles. The first-order valence-corrected chi connectivity index (χ1v) is 14.0. The zero-order valence-corrected chi connectivity index (χ0v) is 22.6. The number of amidine groups is 1. The van der Waals surface area contributed by atoms with Crippen molar-refractivity contribution >= 4 is 22.9 Å². The van der Waals surface area contributed by atoms with Crippen molar-refractivity contribution in [3.05, 3.63) is 169 Å². The summed E-state index contributed by atoms with van der Waals surface area (Å²) in [6.45, 7) is 0. The lowest BCUT2D eigenvalue weighted by molar-refractivity contribution is 0.788. The van der Waals surface area contributed by atoms with E-state index in [1.165, 1.54) is 22.3 Å². The SMILES string of the molecule is C1=CCC2C(=C1)N=C(c1ccc(Nc3ccccc3-c3ccccc3)cc1)N=C2c1ccc(-c2ccccc2)cc1. The van der Waals surface area contributed by atoms with Crippen LogP contribution < -0.4 is 5.32 Å². The predicted molar refractivity (Wildman–Crippen MR) is 172 cm³/mol. The predicted octanol–water partition coefficient (Wildman–Crippen LogP) is 9.47. The molecule has 0 bridgehead atoms. The zero-order valence-electron chi connectivity index (χ0n) is 22.6. The summed E-state index contributed by atoms with van der Waals surface area (Å²) < 4.78 is 0. The lowest BCUT2D eigenvalue weighted by Gasteiger charge is -2.26. The number of para-hydroxylation sites is 1. The molecule has 0 saturated carbocycles. The fourth-order valence-corrected chi connectivity index (χ4v) is 5.50. The van der Waals surface area contributed by atoms with Crippen molar-refractivity contribution < 1.29 is 0 Å². The quantitative estimate of drug-likeness (QED) is 0.235. The van der Waals surface area contributed by atoms with E-state index < -0.39 is 0 Å². The monoisotopic (exact) mass is 527 g/mol. The van der Waals surface area contributed by atoms with Gasteiger partial charge in [-0.25, -0.2) is 9.98 Å². The number of fused-ring (bicyclic) bond motifs is 1. The second kappa shape index (κ2) is 11.1. The second-order valence-corrected chi connectivity index (χ2v) is 10.3. The fourth-order valence-electron chi connectivity index (χ4n) is 5.50. The third kappa shape index (κ3) is 5.18. The van der Waals surface area contributed by atoms with Crippen LogP contribution >= 0.6 is 0 Å². The van der Waals surface area contributed by atoms with E-state index in [4.69, 9.17) is 9.98 Å². The Bertz CT molecular complexity index is 1790. The molecule has 3 nitrogen and oxygen atoms in total.